The van der Waals surface area contributed by atoms with Gasteiger partial charge in [-0.3, -0.25) is 14.9 Å². The van der Waals surface area contributed by atoms with Crippen molar-refractivity contribution < 1.29 is 19.1 Å². The highest BCUT2D eigenvalue weighted by Gasteiger charge is 2.19. The molecule has 0 fully saturated rings. The van der Waals surface area contributed by atoms with Crippen LogP contribution in [0.1, 0.15) is 31.2 Å². The van der Waals surface area contributed by atoms with Crippen molar-refractivity contribution in [3.05, 3.63) is 76.2 Å². The summed E-state index contributed by atoms with van der Waals surface area (Å²) in [7, 11) is 0. The van der Waals surface area contributed by atoms with Gasteiger partial charge in [-0.05, 0) is 62.0 Å². The van der Waals surface area contributed by atoms with Crippen LogP contribution in [0.5, 0.6) is 11.5 Å². The summed E-state index contributed by atoms with van der Waals surface area (Å²) in [6.07, 6.45) is 0. The number of thiocarbonyl (C=S) groups is 1. The Bertz CT molecular complexity index is 1130. The van der Waals surface area contributed by atoms with Crippen LogP contribution in [0.15, 0.2) is 54.6 Å². The van der Waals surface area contributed by atoms with Gasteiger partial charge in [0.2, 0.25) is 0 Å². The zero-order valence-electron chi connectivity index (χ0n) is 17.6. The van der Waals surface area contributed by atoms with Crippen molar-refractivity contribution in [2.45, 2.75) is 13.8 Å². The van der Waals surface area contributed by atoms with Crippen LogP contribution in [-0.4, -0.2) is 30.1 Å². The van der Waals surface area contributed by atoms with E-state index in [0.717, 1.165) is 16.2 Å². The van der Waals surface area contributed by atoms with Gasteiger partial charge in [-0.2, -0.15) is 0 Å². The number of hydrogen-bond acceptors (Lipinski definition) is 6. The number of carbonyl (C=O) groups is 2. The first-order chi connectivity index (χ1) is 15.3. The number of primary amides is 1. The number of aryl methyl sites for hydroxylation is 1. The van der Waals surface area contributed by atoms with Crippen molar-refractivity contribution in [3.63, 3.8) is 0 Å². The second-order valence-electron chi connectivity index (χ2n) is 6.80. The summed E-state index contributed by atoms with van der Waals surface area (Å²) in [6, 6.07) is 16.2. The van der Waals surface area contributed by atoms with Crippen molar-refractivity contribution in [1.82, 2.24) is 5.32 Å². The molecular weight excluding hydrogens is 446 g/mol. The first-order valence-corrected chi connectivity index (χ1v) is 11.0. The highest BCUT2D eigenvalue weighted by molar-refractivity contribution is 7.80. The quantitative estimate of drug-likeness (QED) is 0.340. The van der Waals surface area contributed by atoms with Crippen molar-refractivity contribution in [2.75, 3.05) is 18.5 Å². The molecule has 0 aliphatic rings. The number of carbonyl (C=O) groups excluding carboxylic acids is 2. The number of rotatable bonds is 8. The number of anilines is 1. The van der Waals surface area contributed by atoms with Gasteiger partial charge in [-0.1, -0.05) is 24.3 Å². The van der Waals surface area contributed by atoms with Crippen molar-refractivity contribution in [1.29, 1.82) is 0 Å². The zero-order valence-corrected chi connectivity index (χ0v) is 19.3. The van der Waals surface area contributed by atoms with E-state index < -0.39 is 11.8 Å². The van der Waals surface area contributed by atoms with Crippen molar-refractivity contribution in [3.8, 4) is 11.5 Å². The maximum atomic E-state index is 12.6. The number of ether oxygens (including phenoxy) is 2. The highest BCUT2D eigenvalue weighted by Crippen LogP contribution is 2.31. The number of benzene rings is 2. The molecule has 0 saturated heterocycles. The molecule has 0 radical (unpaired) electrons. The van der Waals surface area contributed by atoms with Crippen molar-refractivity contribution in [2.24, 2.45) is 5.73 Å². The van der Waals surface area contributed by atoms with Gasteiger partial charge in [0.1, 0.15) is 29.7 Å². The first-order valence-electron chi connectivity index (χ1n) is 9.78. The Balaban J connectivity index is 1.54. The van der Waals surface area contributed by atoms with E-state index in [1.807, 2.05) is 44.2 Å². The van der Waals surface area contributed by atoms with Crippen molar-refractivity contribution >= 4 is 45.5 Å². The summed E-state index contributed by atoms with van der Waals surface area (Å²) in [4.78, 5) is 25.3. The SMILES string of the molecule is Cc1sc(NC(=S)NC(=O)c2cccc(OCCOc3ccccc3)c2)c(C(N)=O)c1C. The van der Waals surface area contributed by atoms with Crippen LogP contribution >= 0.6 is 23.6 Å². The molecule has 2 aromatic carbocycles. The molecule has 7 nitrogen and oxygen atoms in total. The summed E-state index contributed by atoms with van der Waals surface area (Å²) >= 11 is 6.59. The fourth-order valence-corrected chi connectivity index (χ4v) is 4.21. The molecule has 0 aliphatic carbocycles. The second kappa shape index (κ2) is 10.7. The maximum absolute atomic E-state index is 12.6. The normalized spacial score (nSPS) is 10.3. The van der Waals surface area contributed by atoms with Crippen LogP contribution < -0.4 is 25.8 Å². The monoisotopic (exact) mass is 469 g/mol. The molecule has 0 atom stereocenters. The fourth-order valence-electron chi connectivity index (χ4n) is 2.88. The van der Waals surface area contributed by atoms with Gasteiger partial charge in [-0.15, -0.1) is 11.3 Å². The van der Waals surface area contributed by atoms with E-state index in [1.165, 1.54) is 11.3 Å². The lowest BCUT2D eigenvalue weighted by molar-refractivity contribution is 0.0975. The third-order valence-corrected chi connectivity index (χ3v) is 5.87. The largest absolute Gasteiger partial charge is 0.490 e. The van der Waals surface area contributed by atoms with Crippen LogP contribution in [-0.2, 0) is 0 Å². The molecule has 32 heavy (non-hydrogen) atoms. The molecule has 0 bridgehead atoms. The van der Waals surface area contributed by atoms with Gasteiger partial charge in [0.05, 0.1) is 5.56 Å². The Hall–Kier alpha value is -3.43. The second-order valence-corrected chi connectivity index (χ2v) is 8.43. The molecule has 2 amide bonds. The molecule has 0 spiro atoms. The first kappa shape index (κ1) is 23.2. The van der Waals surface area contributed by atoms with E-state index >= 15 is 0 Å². The van der Waals surface area contributed by atoms with Gasteiger partial charge in [0.15, 0.2) is 5.11 Å². The van der Waals surface area contributed by atoms with E-state index in [2.05, 4.69) is 10.6 Å². The van der Waals surface area contributed by atoms with Crippen LogP contribution in [0, 0.1) is 13.8 Å². The molecule has 0 unspecified atom stereocenters. The number of hydrogen-bond donors (Lipinski definition) is 3. The number of nitrogens with one attached hydrogen (secondary N) is 2. The van der Waals surface area contributed by atoms with Gasteiger partial charge < -0.3 is 20.5 Å². The molecule has 3 rings (SSSR count). The van der Waals surface area contributed by atoms with E-state index in [4.69, 9.17) is 27.4 Å². The minimum absolute atomic E-state index is 0.0707. The lowest BCUT2D eigenvalue weighted by Gasteiger charge is -2.11. The Morgan fingerprint density at radius 1 is 1.00 bits per heavy atom. The third kappa shape index (κ3) is 6.05. The van der Waals surface area contributed by atoms with E-state index in [9.17, 15) is 9.59 Å². The summed E-state index contributed by atoms with van der Waals surface area (Å²) in [5.41, 5.74) is 7.01. The Morgan fingerprint density at radius 3 is 2.34 bits per heavy atom. The average Bonchev–Trinajstić information content (AvgIpc) is 3.05. The van der Waals surface area contributed by atoms with Crippen LogP contribution in [0.2, 0.25) is 0 Å². The van der Waals surface area contributed by atoms with Crippen LogP contribution in [0.4, 0.5) is 5.00 Å². The lowest BCUT2D eigenvalue weighted by atomic mass is 10.1. The molecule has 3 aromatic rings. The summed E-state index contributed by atoms with van der Waals surface area (Å²) < 4.78 is 11.3. The van der Waals surface area contributed by atoms with Gasteiger partial charge in [-0.25, -0.2) is 0 Å². The molecule has 1 heterocycles. The number of thiophene rings is 1. The molecule has 0 aliphatic heterocycles. The van der Waals surface area contributed by atoms with E-state index in [1.54, 1.807) is 24.3 Å². The predicted molar refractivity (Wildman–Crippen MR) is 130 cm³/mol. The summed E-state index contributed by atoms with van der Waals surface area (Å²) in [6.45, 7) is 4.40. The van der Waals surface area contributed by atoms with E-state index in [0.29, 0.717) is 35.1 Å². The smallest absolute Gasteiger partial charge is 0.257 e. The molecular formula is C23H23N3O4S2. The number of para-hydroxylation sites is 1. The van der Waals surface area contributed by atoms with E-state index in [-0.39, 0.29) is 5.11 Å². The fraction of sp³-hybridized carbons (Fsp3) is 0.174. The Labute approximate surface area is 195 Å². The lowest BCUT2D eigenvalue weighted by Crippen LogP contribution is -2.34. The van der Waals surface area contributed by atoms with Crippen LogP contribution in [0.25, 0.3) is 0 Å². The topological polar surface area (TPSA) is 103 Å². The maximum Gasteiger partial charge on any atom is 0.257 e. The molecule has 166 valence electrons. The van der Waals surface area contributed by atoms with Gasteiger partial charge >= 0.3 is 0 Å². The minimum Gasteiger partial charge on any atom is -0.490 e. The van der Waals surface area contributed by atoms with Gasteiger partial charge in [0, 0.05) is 10.4 Å². The average molecular weight is 470 g/mol. The zero-order chi connectivity index (χ0) is 23.1. The standard InChI is InChI=1S/C23H23N3O4S2/c1-14-15(2)32-22(19(14)20(24)27)26-23(31)25-21(28)16-7-6-10-18(13-16)30-12-11-29-17-8-4-3-5-9-17/h3-10,13H,11-12H2,1-2H3,(H2,24,27)(H2,25,26,28,31). The molecule has 4 N–H and O–H groups in total. The molecule has 1 aromatic heterocycles. The third-order valence-electron chi connectivity index (χ3n) is 4.55. The van der Waals surface area contributed by atoms with Gasteiger partial charge in [0.25, 0.3) is 11.8 Å². The number of nitrogens with two attached hydrogens (primary N) is 1. The molecule has 9 heteroatoms. The summed E-state index contributed by atoms with van der Waals surface area (Å²) in [5.74, 6) is 0.346. The number of amides is 2. The summed E-state index contributed by atoms with van der Waals surface area (Å²) in [5, 5.41) is 6.09. The minimum atomic E-state index is -0.551. The Kier molecular flexibility index (Phi) is 7.80. The molecule has 0 saturated carbocycles. The van der Waals surface area contributed by atoms with Crippen LogP contribution in [0.3, 0.4) is 0 Å². The predicted octanol–water partition coefficient (Wildman–Crippen LogP) is 4.05. The highest BCUT2D eigenvalue weighted by atomic mass is 32.1. The Morgan fingerprint density at radius 2 is 1.66 bits per heavy atom.